The highest BCUT2D eigenvalue weighted by atomic mass is 19.4. The smallest absolute Gasteiger partial charge is 0.416 e. The van der Waals surface area contributed by atoms with E-state index in [4.69, 9.17) is 4.74 Å². The van der Waals surface area contributed by atoms with Crippen LogP contribution in [0, 0.1) is 5.82 Å². The normalized spacial score (nSPS) is 14.2. The van der Waals surface area contributed by atoms with Crippen molar-refractivity contribution >= 4 is 5.57 Å². The zero-order valence-corrected chi connectivity index (χ0v) is 10.7. The second-order valence-electron chi connectivity index (χ2n) is 4.64. The highest BCUT2D eigenvalue weighted by Gasteiger charge is 2.32. The van der Waals surface area contributed by atoms with Gasteiger partial charge < -0.3 is 4.74 Å². The van der Waals surface area contributed by atoms with Crippen molar-refractivity contribution in [3.05, 3.63) is 71.0 Å². The Labute approximate surface area is 118 Å². The maximum Gasteiger partial charge on any atom is 0.416 e. The van der Waals surface area contributed by atoms with Gasteiger partial charge in [0.1, 0.15) is 18.2 Å². The van der Waals surface area contributed by atoms with Gasteiger partial charge in [-0.25, -0.2) is 4.39 Å². The lowest BCUT2D eigenvalue weighted by atomic mass is 9.94. The van der Waals surface area contributed by atoms with Crippen molar-refractivity contribution in [2.75, 3.05) is 6.61 Å². The lowest BCUT2D eigenvalue weighted by Crippen LogP contribution is -2.10. The Morgan fingerprint density at radius 1 is 0.952 bits per heavy atom. The molecule has 2 aromatic rings. The summed E-state index contributed by atoms with van der Waals surface area (Å²) >= 11 is 0. The van der Waals surface area contributed by atoms with E-state index < -0.39 is 17.6 Å². The molecule has 0 N–H and O–H groups in total. The summed E-state index contributed by atoms with van der Waals surface area (Å²) < 4.78 is 56.8. The first kappa shape index (κ1) is 13.7. The van der Waals surface area contributed by atoms with Gasteiger partial charge in [0.15, 0.2) is 0 Å². The van der Waals surface area contributed by atoms with Crippen LogP contribution in [0.3, 0.4) is 0 Å². The standard InChI is InChI=1S/C16H10F4O/c17-12-4-1-10(2-5-12)13-7-8-21-15-6-3-11(9-14(13)15)16(18,19)20/h1-7,9H,8H2. The minimum absolute atomic E-state index is 0.269. The van der Waals surface area contributed by atoms with Crippen molar-refractivity contribution in [3.8, 4) is 5.75 Å². The Kier molecular flexibility index (Phi) is 3.20. The topological polar surface area (TPSA) is 9.23 Å². The number of alkyl halides is 3. The van der Waals surface area contributed by atoms with E-state index in [1.54, 1.807) is 6.08 Å². The first-order valence-corrected chi connectivity index (χ1v) is 6.26. The van der Waals surface area contributed by atoms with E-state index in [-0.39, 0.29) is 6.61 Å². The maximum atomic E-state index is 13.0. The molecule has 0 aromatic heterocycles. The van der Waals surface area contributed by atoms with E-state index in [9.17, 15) is 17.6 Å². The molecule has 1 heterocycles. The average molecular weight is 294 g/mol. The molecule has 1 nitrogen and oxygen atoms in total. The fourth-order valence-corrected chi connectivity index (χ4v) is 2.27. The molecule has 0 bridgehead atoms. The van der Waals surface area contributed by atoms with Gasteiger partial charge in [0.05, 0.1) is 5.56 Å². The molecule has 1 aliphatic rings. The van der Waals surface area contributed by atoms with Gasteiger partial charge in [-0.2, -0.15) is 13.2 Å². The summed E-state index contributed by atoms with van der Waals surface area (Å²) in [6.45, 7) is 0.269. The van der Waals surface area contributed by atoms with E-state index in [1.807, 2.05) is 0 Å². The van der Waals surface area contributed by atoms with Crippen LogP contribution in [-0.2, 0) is 6.18 Å². The molecular weight excluding hydrogens is 284 g/mol. The predicted molar refractivity (Wildman–Crippen MR) is 70.4 cm³/mol. The summed E-state index contributed by atoms with van der Waals surface area (Å²) in [5.41, 5.74) is 0.894. The van der Waals surface area contributed by atoms with E-state index >= 15 is 0 Å². The summed E-state index contributed by atoms with van der Waals surface area (Å²) in [5, 5.41) is 0. The fraction of sp³-hybridized carbons (Fsp3) is 0.125. The molecule has 0 amide bonds. The molecule has 21 heavy (non-hydrogen) atoms. The lowest BCUT2D eigenvalue weighted by Gasteiger charge is -2.20. The van der Waals surface area contributed by atoms with Crippen molar-refractivity contribution in [1.82, 2.24) is 0 Å². The minimum atomic E-state index is -4.42. The van der Waals surface area contributed by atoms with Gasteiger partial charge in [-0.3, -0.25) is 0 Å². The molecule has 0 saturated carbocycles. The number of rotatable bonds is 1. The molecule has 0 spiro atoms. The third-order valence-corrected chi connectivity index (χ3v) is 3.28. The van der Waals surface area contributed by atoms with Crippen LogP contribution in [0.5, 0.6) is 5.75 Å². The summed E-state index contributed by atoms with van der Waals surface area (Å²) in [6, 6.07) is 9.00. The molecule has 0 unspecified atom stereocenters. The zero-order chi connectivity index (χ0) is 15.0. The van der Waals surface area contributed by atoms with Gasteiger partial charge in [0.2, 0.25) is 0 Å². The van der Waals surface area contributed by atoms with Crippen LogP contribution < -0.4 is 4.74 Å². The Bertz CT molecular complexity index is 699. The van der Waals surface area contributed by atoms with E-state index in [2.05, 4.69) is 0 Å². The minimum Gasteiger partial charge on any atom is -0.489 e. The van der Waals surface area contributed by atoms with Crippen LogP contribution in [-0.4, -0.2) is 6.61 Å². The average Bonchev–Trinajstić information content (AvgIpc) is 2.46. The van der Waals surface area contributed by atoms with E-state index in [0.717, 1.165) is 12.1 Å². The first-order valence-electron chi connectivity index (χ1n) is 6.26. The van der Waals surface area contributed by atoms with E-state index in [1.165, 1.54) is 30.3 Å². The van der Waals surface area contributed by atoms with Crippen LogP contribution in [0.1, 0.15) is 16.7 Å². The van der Waals surface area contributed by atoms with Gasteiger partial charge in [-0.1, -0.05) is 12.1 Å². The van der Waals surface area contributed by atoms with Crippen LogP contribution in [0.25, 0.3) is 5.57 Å². The highest BCUT2D eigenvalue weighted by Crippen LogP contribution is 2.38. The van der Waals surface area contributed by atoms with Crippen LogP contribution >= 0.6 is 0 Å². The summed E-state index contributed by atoms with van der Waals surface area (Å²) in [6.07, 6.45) is -2.73. The van der Waals surface area contributed by atoms with E-state index in [0.29, 0.717) is 22.4 Å². The Hall–Kier alpha value is -2.30. The molecule has 0 saturated heterocycles. The molecule has 3 rings (SSSR count). The first-order chi connectivity index (χ1) is 9.95. The van der Waals surface area contributed by atoms with Crippen molar-refractivity contribution < 1.29 is 22.3 Å². The maximum absolute atomic E-state index is 13.0. The lowest BCUT2D eigenvalue weighted by molar-refractivity contribution is -0.137. The van der Waals surface area contributed by atoms with Crippen molar-refractivity contribution in [3.63, 3.8) is 0 Å². The van der Waals surface area contributed by atoms with Crippen LogP contribution in [0.2, 0.25) is 0 Å². The number of hydrogen-bond acceptors (Lipinski definition) is 1. The molecule has 2 aromatic carbocycles. The molecular formula is C16H10F4O. The molecule has 5 heteroatoms. The van der Waals surface area contributed by atoms with Crippen LogP contribution in [0.4, 0.5) is 17.6 Å². The van der Waals surface area contributed by atoms with Gasteiger partial charge in [-0.15, -0.1) is 0 Å². The Morgan fingerprint density at radius 3 is 2.33 bits per heavy atom. The Morgan fingerprint density at radius 2 is 1.67 bits per heavy atom. The van der Waals surface area contributed by atoms with Crippen molar-refractivity contribution in [2.24, 2.45) is 0 Å². The second kappa shape index (κ2) is 4.91. The summed E-state index contributed by atoms with van der Waals surface area (Å²) in [7, 11) is 0. The summed E-state index contributed by atoms with van der Waals surface area (Å²) in [4.78, 5) is 0. The number of benzene rings is 2. The second-order valence-corrected chi connectivity index (χ2v) is 4.64. The van der Waals surface area contributed by atoms with Gasteiger partial charge in [0, 0.05) is 5.56 Å². The number of hydrogen-bond donors (Lipinski definition) is 0. The summed E-state index contributed by atoms with van der Waals surface area (Å²) in [5.74, 6) is 0.000463. The third kappa shape index (κ3) is 2.63. The highest BCUT2D eigenvalue weighted by molar-refractivity contribution is 5.84. The molecule has 108 valence electrons. The predicted octanol–water partition coefficient (Wildman–Crippen LogP) is 4.67. The SMILES string of the molecule is Fc1ccc(C2=CCOc3ccc(C(F)(F)F)cc32)cc1. The quantitative estimate of drug-likeness (QED) is 0.695. The monoisotopic (exact) mass is 294 g/mol. The van der Waals surface area contributed by atoms with Crippen molar-refractivity contribution in [2.45, 2.75) is 6.18 Å². The Balaban J connectivity index is 2.10. The zero-order valence-electron chi connectivity index (χ0n) is 10.7. The van der Waals surface area contributed by atoms with Gasteiger partial charge >= 0.3 is 6.18 Å². The van der Waals surface area contributed by atoms with Crippen molar-refractivity contribution in [1.29, 1.82) is 0 Å². The molecule has 0 radical (unpaired) electrons. The number of fused-ring (bicyclic) bond motifs is 1. The fourth-order valence-electron chi connectivity index (χ4n) is 2.27. The van der Waals surface area contributed by atoms with Gasteiger partial charge in [-0.05, 0) is 47.5 Å². The largest absolute Gasteiger partial charge is 0.489 e. The molecule has 0 atom stereocenters. The number of ether oxygens (including phenoxy) is 1. The molecule has 1 aliphatic heterocycles. The van der Waals surface area contributed by atoms with Gasteiger partial charge in [0.25, 0.3) is 0 Å². The number of halogens is 4. The molecule has 0 aliphatic carbocycles. The molecule has 0 fully saturated rings. The third-order valence-electron chi connectivity index (χ3n) is 3.28. The van der Waals surface area contributed by atoms with Crippen LogP contribution in [0.15, 0.2) is 48.5 Å².